The Morgan fingerprint density at radius 3 is 2.65 bits per heavy atom. The Bertz CT molecular complexity index is 795. The van der Waals surface area contributed by atoms with Crippen LogP contribution >= 0.6 is 27.5 Å². The summed E-state index contributed by atoms with van der Waals surface area (Å²) in [6, 6.07) is 10.1. The highest BCUT2D eigenvalue weighted by atomic mass is 79.9. The normalized spacial score (nSPS) is 11.2. The highest BCUT2D eigenvalue weighted by Crippen LogP contribution is 2.25. The van der Waals surface area contributed by atoms with E-state index in [1.807, 2.05) is 29.7 Å². The molecular weight excluding hydrogens is 338 g/mol. The summed E-state index contributed by atoms with van der Waals surface area (Å²) in [6.45, 7) is 4.05. The summed E-state index contributed by atoms with van der Waals surface area (Å²) in [7, 11) is 0. The Kier molecular flexibility index (Phi) is 3.52. The molecule has 3 nitrogen and oxygen atoms in total. The van der Waals surface area contributed by atoms with Crippen molar-refractivity contribution in [1.29, 1.82) is 0 Å². The number of pyridine rings is 1. The van der Waals surface area contributed by atoms with Crippen LogP contribution in [0.1, 0.15) is 17.1 Å². The average Bonchev–Trinajstić information content (AvgIpc) is 2.76. The maximum atomic E-state index is 6.06. The number of benzene rings is 1. The molecule has 0 aliphatic carbocycles. The molecule has 5 heteroatoms. The van der Waals surface area contributed by atoms with Gasteiger partial charge in [0.1, 0.15) is 11.3 Å². The predicted octanol–water partition coefficient (Wildman–Crippen LogP) is 4.54. The lowest BCUT2D eigenvalue weighted by molar-refractivity contribution is 0.957. The highest BCUT2D eigenvalue weighted by Gasteiger charge is 2.14. The van der Waals surface area contributed by atoms with Gasteiger partial charge in [-0.2, -0.15) is 0 Å². The molecule has 0 unspecified atom stereocenters. The standard InChI is InChI=1S/C15H13BrClN3/c1-9-7-11(16)4-6-13(9)20-14(8-17)19-12-5-3-10(2)18-15(12)20/h3-7H,8H2,1-2H3. The fourth-order valence-corrected chi connectivity index (χ4v) is 2.97. The molecule has 0 aliphatic rings. The van der Waals surface area contributed by atoms with Crippen molar-refractivity contribution in [3.8, 4) is 5.69 Å². The van der Waals surface area contributed by atoms with E-state index in [2.05, 4.69) is 45.0 Å². The van der Waals surface area contributed by atoms with Gasteiger partial charge in [0.2, 0.25) is 0 Å². The number of hydrogen-bond acceptors (Lipinski definition) is 2. The summed E-state index contributed by atoms with van der Waals surface area (Å²) >= 11 is 9.55. The number of aromatic nitrogens is 3. The van der Waals surface area contributed by atoms with Crippen molar-refractivity contribution in [3.63, 3.8) is 0 Å². The molecular formula is C15H13BrClN3. The smallest absolute Gasteiger partial charge is 0.164 e. The SMILES string of the molecule is Cc1ccc2nc(CCl)n(-c3ccc(Br)cc3C)c2n1. The lowest BCUT2D eigenvalue weighted by atomic mass is 10.2. The topological polar surface area (TPSA) is 30.7 Å². The Morgan fingerprint density at radius 1 is 1.15 bits per heavy atom. The third kappa shape index (κ3) is 2.23. The summed E-state index contributed by atoms with van der Waals surface area (Å²) in [5, 5.41) is 0. The van der Waals surface area contributed by atoms with Crippen LogP contribution in [0.3, 0.4) is 0 Å². The number of hydrogen-bond donors (Lipinski definition) is 0. The Morgan fingerprint density at radius 2 is 1.95 bits per heavy atom. The van der Waals surface area contributed by atoms with Gasteiger partial charge in [-0.05, 0) is 49.7 Å². The number of fused-ring (bicyclic) bond motifs is 1. The molecule has 0 spiro atoms. The van der Waals surface area contributed by atoms with E-state index >= 15 is 0 Å². The molecule has 0 fully saturated rings. The molecule has 3 rings (SSSR count). The Hall–Kier alpha value is -1.39. The number of halogens is 2. The van der Waals surface area contributed by atoms with Gasteiger partial charge >= 0.3 is 0 Å². The fourth-order valence-electron chi connectivity index (χ4n) is 2.31. The summed E-state index contributed by atoms with van der Waals surface area (Å²) in [5.41, 5.74) is 4.90. The number of rotatable bonds is 2. The predicted molar refractivity (Wildman–Crippen MR) is 85.6 cm³/mol. The van der Waals surface area contributed by atoms with E-state index in [0.29, 0.717) is 5.88 Å². The van der Waals surface area contributed by atoms with E-state index in [0.717, 1.165) is 38.4 Å². The van der Waals surface area contributed by atoms with Crippen LogP contribution in [0.2, 0.25) is 0 Å². The maximum absolute atomic E-state index is 6.06. The second kappa shape index (κ2) is 5.19. The lowest BCUT2D eigenvalue weighted by Crippen LogP contribution is -2.02. The minimum atomic E-state index is 0.352. The molecule has 0 N–H and O–H groups in total. The van der Waals surface area contributed by atoms with Crippen molar-refractivity contribution in [2.24, 2.45) is 0 Å². The van der Waals surface area contributed by atoms with Gasteiger partial charge in [0, 0.05) is 10.2 Å². The molecule has 0 bridgehead atoms. The summed E-state index contributed by atoms with van der Waals surface area (Å²) in [4.78, 5) is 9.18. The van der Waals surface area contributed by atoms with Gasteiger partial charge in [-0.15, -0.1) is 11.6 Å². The number of imidazole rings is 1. The van der Waals surface area contributed by atoms with Gasteiger partial charge < -0.3 is 0 Å². The van der Waals surface area contributed by atoms with Gasteiger partial charge in [0.05, 0.1) is 11.6 Å². The molecule has 0 radical (unpaired) electrons. The molecule has 0 amide bonds. The van der Waals surface area contributed by atoms with E-state index in [-0.39, 0.29) is 0 Å². The maximum Gasteiger partial charge on any atom is 0.164 e. The second-order valence-corrected chi connectivity index (χ2v) is 5.91. The first-order chi connectivity index (χ1) is 9.60. The minimum absolute atomic E-state index is 0.352. The van der Waals surface area contributed by atoms with E-state index in [1.165, 1.54) is 0 Å². The van der Waals surface area contributed by atoms with Crippen molar-refractivity contribution >= 4 is 38.7 Å². The fraction of sp³-hybridized carbons (Fsp3) is 0.200. The van der Waals surface area contributed by atoms with Crippen LogP contribution in [0.5, 0.6) is 0 Å². The number of nitrogens with zero attached hydrogens (tertiary/aromatic N) is 3. The first-order valence-corrected chi connectivity index (χ1v) is 7.60. The third-order valence-electron chi connectivity index (χ3n) is 3.23. The van der Waals surface area contributed by atoms with Crippen molar-refractivity contribution in [2.75, 3.05) is 0 Å². The highest BCUT2D eigenvalue weighted by molar-refractivity contribution is 9.10. The van der Waals surface area contributed by atoms with Crippen molar-refractivity contribution < 1.29 is 0 Å². The summed E-state index contributed by atoms with van der Waals surface area (Å²) in [5.74, 6) is 1.16. The van der Waals surface area contributed by atoms with Crippen LogP contribution in [-0.4, -0.2) is 14.5 Å². The molecule has 0 atom stereocenters. The zero-order valence-corrected chi connectivity index (χ0v) is 13.5. The molecule has 0 saturated carbocycles. The van der Waals surface area contributed by atoms with Crippen molar-refractivity contribution in [3.05, 3.63) is 51.9 Å². The van der Waals surface area contributed by atoms with Crippen LogP contribution in [0.25, 0.3) is 16.9 Å². The largest absolute Gasteiger partial charge is 0.279 e. The van der Waals surface area contributed by atoms with Gasteiger partial charge in [-0.3, -0.25) is 4.57 Å². The Balaban J connectivity index is 2.36. The van der Waals surface area contributed by atoms with Crippen LogP contribution in [0.15, 0.2) is 34.8 Å². The van der Waals surface area contributed by atoms with Gasteiger partial charge in [-0.25, -0.2) is 9.97 Å². The second-order valence-electron chi connectivity index (χ2n) is 4.72. The van der Waals surface area contributed by atoms with Crippen LogP contribution in [0.4, 0.5) is 0 Å². The van der Waals surface area contributed by atoms with Crippen molar-refractivity contribution in [2.45, 2.75) is 19.7 Å². The van der Waals surface area contributed by atoms with E-state index < -0.39 is 0 Å². The lowest BCUT2D eigenvalue weighted by Gasteiger charge is -2.11. The molecule has 102 valence electrons. The molecule has 2 aromatic heterocycles. The number of alkyl halides is 1. The molecule has 0 saturated heterocycles. The third-order valence-corrected chi connectivity index (χ3v) is 3.96. The van der Waals surface area contributed by atoms with E-state index in [4.69, 9.17) is 11.6 Å². The van der Waals surface area contributed by atoms with Crippen molar-refractivity contribution in [1.82, 2.24) is 14.5 Å². The van der Waals surface area contributed by atoms with Gasteiger partial charge in [0.25, 0.3) is 0 Å². The average molecular weight is 351 g/mol. The molecule has 2 heterocycles. The van der Waals surface area contributed by atoms with Crippen LogP contribution in [0, 0.1) is 13.8 Å². The van der Waals surface area contributed by atoms with Gasteiger partial charge in [-0.1, -0.05) is 15.9 Å². The number of aryl methyl sites for hydroxylation is 2. The quantitative estimate of drug-likeness (QED) is 0.635. The minimum Gasteiger partial charge on any atom is -0.279 e. The Labute approximate surface area is 130 Å². The van der Waals surface area contributed by atoms with Crippen LogP contribution < -0.4 is 0 Å². The first kappa shape index (κ1) is 13.6. The first-order valence-electron chi connectivity index (χ1n) is 6.27. The van der Waals surface area contributed by atoms with Gasteiger partial charge in [0.15, 0.2) is 5.65 Å². The zero-order chi connectivity index (χ0) is 14.3. The monoisotopic (exact) mass is 349 g/mol. The molecule has 0 aliphatic heterocycles. The summed E-state index contributed by atoms with van der Waals surface area (Å²) in [6.07, 6.45) is 0. The summed E-state index contributed by atoms with van der Waals surface area (Å²) < 4.78 is 3.09. The molecule has 20 heavy (non-hydrogen) atoms. The van der Waals surface area contributed by atoms with E-state index in [1.54, 1.807) is 0 Å². The van der Waals surface area contributed by atoms with E-state index in [9.17, 15) is 0 Å². The molecule has 1 aromatic carbocycles. The molecule has 3 aromatic rings. The van der Waals surface area contributed by atoms with Crippen LogP contribution in [-0.2, 0) is 5.88 Å². The zero-order valence-electron chi connectivity index (χ0n) is 11.2.